The lowest BCUT2D eigenvalue weighted by Crippen LogP contribution is -2.40. The molecule has 32 heavy (non-hydrogen) atoms. The number of rotatable bonds is 8. The summed E-state index contributed by atoms with van der Waals surface area (Å²) in [5.41, 5.74) is -0.158. The first-order valence-corrected chi connectivity index (χ1v) is 12.8. The zero-order chi connectivity index (χ0) is 23.2. The van der Waals surface area contributed by atoms with Crippen molar-refractivity contribution in [2.24, 2.45) is 11.8 Å². The summed E-state index contributed by atoms with van der Waals surface area (Å²) >= 11 is 0. The first-order valence-electron chi connectivity index (χ1n) is 12.8. The minimum absolute atomic E-state index is 0.335. The molecule has 0 aliphatic heterocycles. The summed E-state index contributed by atoms with van der Waals surface area (Å²) in [5, 5.41) is 0. The molecule has 0 saturated heterocycles. The van der Waals surface area contributed by atoms with Crippen molar-refractivity contribution in [3.05, 3.63) is 35.4 Å². The van der Waals surface area contributed by atoms with E-state index in [-0.39, 0.29) is 11.9 Å². The van der Waals surface area contributed by atoms with Gasteiger partial charge in [-0.2, -0.15) is 0 Å². The average Bonchev–Trinajstić information content (AvgIpc) is 2.73. The van der Waals surface area contributed by atoms with E-state index in [1.807, 2.05) is 0 Å². The van der Waals surface area contributed by atoms with Crippen molar-refractivity contribution >= 4 is 11.9 Å². The molecule has 0 atom stereocenters. The van der Waals surface area contributed by atoms with Crippen molar-refractivity contribution in [3.63, 3.8) is 0 Å². The fourth-order valence-corrected chi connectivity index (χ4v) is 5.92. The number of carbonyl (C=O) groups excluding carboxylic acids is 2. The Morgan fingerprint density at radius 3 is 1.34 bits per heavy atom. The minimum Gasteiger partial charge on any atom is -0.455 e. The molecule has 0 radical (unpaired) electrons. The Bertz CT molecular complexity index is 702. The van der Waals surface area contributed by atoms with E-state index in [2.05, 4.69) is 27.7 Å². The number of esters is 2. The third kappa shape index (κ3) is 6.36. The van der Waals surface area contributed by atoms with Crippen molar-refractivity contribution in [2.75, 3.05) is 0 Å². The highest BCUT2D eigenvalue weighted by atomic mass is 16.6. The van der Waals surface area contributed by atoms with Gasteiger partial charge in [-0.3, -0.25) is 0 Å². The summed E-state index contributed by atoms with van der Waals surface area (Å²) in [6, 6.07) is 7.02. The summed E-state index contributed by atoms with van der Waals surface area (Å²) in [5.74, 6) is 0.120. The van der Waals surface area contributed by atoms with Crippen LogP contribution in [0.25, 0.3) is 0 Å². The third-order valence-corrected chi connectivity index (χ3v) is 7.08. The van der Waals surface area contributed by atoms with E-state index in [9.17, 15) is 9.59 Å². The standard InChI is InChI=1S/C28H42O4/c1-21(2)19-27(15-9-5-10-16-27)31-25(29)23-13-7-8-14-24(23)26(30)32-28(20-22(3)4)17-11-6-12-18-28/h7-8,13-14,21-22H,5-6,9-12,15-20H2,1-4H3. The van der Waals surface area contributed by atoms with Crippen LogP contribution >= 0.6 is 0 Å². The molecule has 0 bridgehead atoms. The van der Waals surface area contributed by atoms with E-state index >= 15 is 0 Å². The van der Waals surface area contributed by atoms with Crippen LogP contribution in [-0.2, 0) is 9.47 Å². The Labute approximate surface area is 194 Å². The van der Waals surface area contributed by atoms with E-state index < -0.39 is 11.2 Å². The Hall–Kier alpha value is -1.84. The molecule has 4 heteroatoms. The highest BCUT2D eigenvalue weighted by molar-refractivity contribution is 6.03. The summed E-state index contributed by atoms with van der Waals surface area (Å²) in [6.07, 6.45) is 12.1. The normalized spacial score (nSPS) is 20.2. The Morgan fingerprint density at radius 1 is 0.688 bits per heavy atom. The molecule has 3 rings (SSSR count). The third-order valence-electron chi connectivity index (χ3n) is 7.08. The second-order valence-corrected chi connectivity index (χ2v) is 11.0. The smallest absolute Gasteiger partial charge is 0.339 e. The van der Waals surface area contributed by atoms with E-state index in [0.29, 0.717) is 23.0 Å². The van der Waals surface area contributed by atoms with Crippen LogP contribution in [0, 0.1) is 11.8 Å². The molecular formula is C28H42O4. The van der Waals surface area contributed by atoms with Crippen molar-refractivity contribution in [1.82, 2.24) is 0 Å². The zero-order valence-electron chi connectivity index (χ0n) is 20.6. The minimum atomic E-state index is -0.414. The van der Waals surface area contributed by atoms with E-state index in [0.717, 1.165) is 64.2 Å². The second-order valence-electron chi connectivity index (χ2n) is 11.0. The van der Waals surface area contributed by atoms with Gasteiger partial charge in [0.15, 0.2) is 0 Å². The monoisotopic (exact) mass is 442 g/mol. The molecular weight excluding hydrogens is 400 g/mol. The van der Waals surface area contributed by atoms with Crippen molar-refractivity contribution in [3.8, 4) is 0 Å². The van der Waals surface area contributed by atoms with E-state index in [4.69, 9.17) is 9.47 Å². The molecule has 2 fully saturated rings. The number of hydrogen-bond acceptors (Lipinski definition) is 4. The van der Waals surface area contributed by atoms with E-state index in [1.54, 1.807) is 24.3 Å². The fourth-order valence-electron chi connectivity index (χ4n) is 5.92. The lowest BCUT2D eigenvalue weighted by molar-refractivity contribution is -0.0522. The molecule has 0 amide bonds. The summed E-state index contributed by atoms with van der Waals surface area (Å²) < 4.78 is 12.4. The zero-order valence-corrected chi connectivity index (χ0v) is 20.6. The van der Waals surface area contributed by atoms with Gasteiger partial charge < -0.3 is 9.47 Å². The van der Waals surface area contributed by atoms with Gasteiger partial charge in [0.25, 0.3) is 0 Å². The molecule has 4 nitrogen and oxygen atoms in total. The van der Waals surface area contributed by atoms with Crippen LogP contribution in [-0.4, -0.2) is 23.1 Å². The molecule has 2 aliphatic carbocycles. The lowest BCUT2D eigenvalue weighted by Gasteiger charge is -2.39. The lowest BCUT2D eigenvalue weighted by atomic mass is 9.79. The molecule has 178 valence electrons. The predicted molar refractivity (Wildman–Crippen MR) is 128 cm³/mol. The SMILES string of the molecule is CC(C)CC1(OC(=O)c2ccccc2C(=O)OC2(CC(C)C)CCCCC2)CCCCC1. The van der Waals surface area contributed by atoms with Gasteiger partial charge in [0.1, 0.15) is 11.2 Å². The molecule has 0 spiro atoms. The summed E-state index contributed by atoms with van der Waals surface area (Å²) in [7, 11) is 0. The van der Waals surface area contributed by atoms with Crippen LogP contribution in [0.1, 0.15) is 125 Å². The Morgan fingerprint density at radius 2 is 1.03 bits per heavy atom. The second kappa shape index (κ2) is 10.9. The predicted octanol–water partition coefficient (Wildman–Crippen LogP) is 7.50. The first kappa shape index (κ1) is 24.8. The Balaban J connectivity index is 1.81. The van der Waals surface area contributed by atoms with Crippen molar-refractivity contribution in [2.45, 2.75) is 116 Å². The molecule has 0 heterocycles. The first-order chi connectivity index (χ1) is 15.2. The topological polar surface area (TPSA) is 52.6 Å². The number of ether oxygens (including phenoxy) is 2. The highest BCUT2D eigenvalue weighted by Crippen LogP contribution is 2.39. The van der Waals surface area contributed by atoms with Crippen LogP contribution in [0.5, 0.6) is 0 Å². The molecule has 0 aromatic heterocycles. The van der Waals surface area contributed by atoms with Gasteiger partial charge >= 0.3 is 11.9 Å². The molecule has 2 aliphatic rings. The molecule has 1 aromatic rings. The van der Waals surface area contributed by atoms with Crippen LogP contribution in [0.2, 0.25) is 0 Å². The van der Waals surface area contributed by atoms with Gasteiger partial charge in [-0.15, -0.1) is 0 Å². The maximum atomic E-state index is 13.3. The molecule has 1 aromatic carbocycles. The largest absolute Gasteiger partial charge is 0.455 e. The Kier molecular flexibility index (Phi) is 8.41. The number of benzene rings is 1. The molecule has 2 saturated carbocycles. The highest BCUT2D eigenvalue weighted by Gasteiger charge is 2.39. The van der Waals surface area contributed by atoms with E-state index in [1.165, 1.54) is 12.8 Å². The number of carbonyl (C=O) groups is 2. The van der Waals surface area contributed by atoms with Gasteiger partial charge in [0, 0.05) is 0 Å². The van der Waals surface area contributed by atoms with Gasteiger partial charge in [-0.25, -0.2) is 9.59 Å². The van der Waals surface area contributed by atoms with Crippen molar-refractivity contribution in [1.29, 1.82) is 0 Å². The van der Waals surface area contributed by atoms with Gasteiger partial charge in [0.05, 0.1) is 11.1 Å². The van der Waals surface area contributed by atoms with Gasteiger partial charge in [0.2, 0.25) is 0 Å². The molecule has 0 unspecified atom stereocenters. The van der Waals surface area contributed by atoms with Crippen LogP contribution in [0.4, 0.5) is 0 Å². The van der Waals surface area contributed by atoms with Crippen LogP contribution < -0.4 is 0 Å². The van der Waals surface area contributed by atoms with Crippen molar-refractivity contribution < 1.29 is 19.1 Å². The fraction of sp³-hybridized carbons (Fsp3) is 0.714. The van der Waals surface area contributed by atoms with Gasteiger partial charge in [-0.1, -0.05) is 52.7 Å². The quantitative estimate of drug-likeness (QED) is 0.391. The summed E-state index contributed by atoms with van der Waals surface area (Å²) in [6.45, 7) is 8.70. The maximum Gasteiger partial charge on any atom is 0.339 e. The molecule has 0 N–H and O–H groups in total. The van der Waals surface area contributed by atoms with Gasteiger partial charge in [-0.05, 0) is 88.2 Å². The van der Waals surface area contributed by atoms with Crippen LogP contribution in [0.15, 0.2) is 24.3 Å². The number of hydrogen-bond donors (Lipinski definition) is 0. The maximum absolute atomic E-state index is 13.3. The average molecular weight is 443 g/mol. The summed E-state index contributed by atoms with van der Waals surface area (Å²) in [4.78, 5) is 26.7. The van der Waals surface area contributed by atoms with Crippen LogP contribution in [0.3, 0.4) is 0 Å².